The van der Waals surface area contributed by atoms with Gasteiger partial charge in [0.25, 0.3) is 0 Å². The lowest BCUT2D eigenvalue weighted by Gasteiger charge is -2.43. The number of aliphatic carboxylic acids is 1. The van der Waals surface area contributed by atoms with Crippen LogP contribution >= 0.6 is 0 Å². The van der Waals surface area contributed by atoms with Gasteiger partial charge in [0.1, 0.15) is 24.3 Å². The first-order chi connectivity index (χ1) is 26.7. The third kappa shape index (κ3) is 12.5. The molecule has 0 bridgehead atoms. The number of nitrogens with zero attached hydrogens (tertiary/aromatic N) is 1. The van der Waals surface area contributed by atoms with Crippen molar-refractivity contribution in [3.63, 3.8) is 0 Å². The second-order valence-corrected chi connectivity index (χ2v) is 15.7. The number of amides is 1. The van der Waals surface area contributed by atoms with Crippen molar-refractivity contribution in [1.82, 2.24) is 10.2 Å². The standard InChI is InChI=1S/C43H62N2O11/c1-6-26(3)41(51)56-37-24-32(47)22-30-17-15-27(4)34(39(30)37)19-18-31(46)23-33(25-38(48)49)55-43(53)36-14-11-21-45(36)40(50)28(5)44-35(42(52)54-7-2)20-16-29-12-9-8-10-13-29/h8-10,12-13,15,17,22,26-28,31-37,39,44,46-47H,6-7,11,14,16,18-21,23-25H2,1-5H3,(H,48,49)/t26-,27-,28-,31+,32+,33+,34-,35-,36-,37-,39-/m0/s1. The summed E-state index contributed by atoms with van der Waals surface area (Å²) in [6, 6.07) is 7.14. The fourth-order valence-corrected chi connectivity index (χ4v) is 8.20. The molecule has 4 rings (SSSR count). The van der Waals surface area contributed by atoms with Gasteiger partial charge in [-0.25, -0.2) is 4.79 Å². The highest BCUT2D eigenvalue weighted by Gasteiger charge is 2.43. The predicted molar refractivity (Wildman–Crippen MR) is 208 cm³/mol. The molecule has 0 unspecified atom stereocenters. The van der Waals surface area contributed by atoms with Gasteiger partial charge in [0, 0.05) is 25.3 Å². The van der Waals surface area contributed by atoms with Crippen LogP contribution in [0.5, 0.6) is 0 Å². The van der Waals surface area contributed by atoms with E-state index in [1.165, 1.54) is 4.90 Å². The van der Waals surface area contributed by atoms with Crippen LogP contribution in [0.3, 0.4) is 0 Å². The maximum Gasteiger partial charge on any atom is 0.329 e. The average Bonchev–Trinajstić information content (AvgIpc) is 3.66. The number of aryl methyl sites for hydroxylation is 1. The molecular weight excluding hydrogens is 720 g/mol. The van der Waals surface area contributed by atoms with Crippen LogP contribution in [0.1, 0.15) is 98.0 Å². The van der Waals surface area contributed by atoms with Crippen molar-refractivity contribution in [2.75, 3.05) is 13.2 Å². The molecule has 4 N–H and O–H groups in total. The minimum absolute atomic E-state index is 0.0287. The number of aliphatic hydroxyl groups is 2. The zero-order chi connectivity index (χ0) is 40.9. The van der Waals surface area contributed by atoms with E-state index in [1.807, 2.05) is 56.3 Å². The van der Waals surface area contributed by atoms with Crippen molar-refractivity contribution >= 4 is 29.8 Å². The molecule has 1 aromatic carbocycles. The van der Waals surface area contributed by atoms with E-state index in [1.54, 1.807) is 19.9 Å². The number of allylic oxidation sites excluding steroid dienone is 2. The molecule has 2 aliphatic carbocycles. The van der Waals surface area contributed by atoms with Crippen LogP contribution in [0.2, 0.25) is 0 Å². The summed E-state index contributed by atoms with van der Waals surface area (Å²) in [5, 5.41) is 34.6. The number of hydrogen-bond acceptors (Lipinski definition) is 11. The van der Waals surface area contributed by atoms with Crippen LogP contribution in [0.4, 0.5) is 0 Å². The molecule has 0 saturated carbocycles. The van der Waals surface area contributed by atoms with E-state index in [4.69, 9.17) is 14.2 Å². The molecule has 1 heterocycles. The number of esters is 3. The molecule has 1 aromatic rings. The van der Waals surface area contributed by atoms with Gasteiger partial charge in [-0.3, -0.25) is 24.5 Å². The smallest absolute Gasteiger partial charge is 0.329 e. The monoisotopic (exact) mass is 782 g/mol. The Morgan fingerprint density at radius 1 is 1.04 bits per heavy atom. The van der Waals surface area contributed by atoms with Crippen molar-refractivity contribution in [3.8, 4) is 0 Å². The number of rotatable bonds is 20. The van der Waals surface area contributed by atoms with Gasteiger partial charge in [0.2, 0.25) is 5.91 Å². The minimum atomic E-state index is -1.19. The molecule has 1 fully saturated rings. The van der Waals surface area contributed by atoms with E-state index in [0.717, 1.165) is 11.1 Å². The van der Waals surface area contributed by atoms with Gasteiger partial charge in [-0.1, -0.05) is 69.3 Å². The summed E-state index contributed by atoms with van der Waals surface area (Å²) in [6.07, 6.45) is 5.32. The summed E-state index contributed by atoms with van der Waals surface area (Å²) < 4.78 is 17.0. The molecule has 11 atom stereocenters. The van der Waals surface area contributed by atoms with Crippen LogP contribution in [-0.2, 0) is 44.6 Å². The third-order valence-electron chi connectivity index (χ3n) is 11.5. The average molecular weight is 783 g/mol. The molecule has 0 spiro atoms. The summed E-state index contributed by atoms with van der Waals surface area (Å²) in [6.45, 7) is 9.62. The largest absolute Gasteiger partial charge is 0.481 e. The Hall–Kier alpha value is -4.07. The Kier molecular flexibility index (Phi) is 17.1. The van der Waals surface area contributed by atoms with E-state index in [0.29, 0.717) is 45.1 Å². The maximum absolute atomic E-state index is 13.7. The summed E-state index contributed by atoms with van der Waals surface area (Å²) >= 11 is 0. The van der Waals surface area contributed by atoms with Crippen molar-refractivity contribution < 1.29 is 53.5 Å². The van der Waals surface area contributed by atoms with E-state index in [9.17, 15) is 39.3 Å². The molecule has 1 aliphatic heterocycles. The van der Waals surface area contributed by atoms with E-state index in [-0.39, 0.29) is 61.4 Å². The normalized spacial score (nSPS) is 25.8. The lowest BCUT2D eigenvalue weighted by molar-refractivity contribution is -0.163. The minimum Gasteiger partial charge on any atom is -0.481 e. The van der Waals surface area contributed by atoms with Gasteiger partial charge >= 0.3 is 23.9 Å². The summed E-state index contributed by atoms with van der Waals surface area (Å²) in [7, 11) is 0. The number of carboxylic acids is 1. The van der Waals surface area contributed by atoms with Crippen LogP contribution in [-0.4, -0.2) is 106 Å². The van der Waals surface area contributed by atoms with E-state index < -0.39 is 66.9 Å². The van der Waals surface area contributed by atoms with E-state index >= 15 is 0 Å². The molecule has 13 heteroatoms. The van der Waals surface area contributed by atoms with Crippen molar-refractivity contribution in [1.29, 1.82) is 0 Å². The SMILES string of the molecule is CCOC(=O)[C@H](CCc1ccccc1)N[C@@H](C)C(=O)N1CCC[C@H]1C(=O)O[C@@H](CC(=O)O)C[C@H](O)CC[C@@H]1[C@@H]2C(=C[C@@H](O)C[C@@H]2OC(=O)[C@@H](C)CC)C=C[C@@H]1C. The van der Waals surface area contributed by atoms with E-state index in [2.05, 4.69) is 12.2 Å². The number of carbonyl (C=O) groups is 5. The first-order valence-electron chi connectivity index (χ1n) is 20.4. The topological polar surface area (TPSA) is 189 Å². The third-order valence-corrected chi connectivity index (χ3v) is 11.5. The number of fused-ring (bicyclic) bond motifs is 1. The molecule has 0 radical (unpaired) electrons. The van der Waals surface area contributed by atoms with Crippen molar-refractivity contribution in [2.24, 2.45) is 23.7 Å². The summed E-state index contributed by atoms with van der Waals surface area (Å²) in [5.74, 6) is -3.50. The molecular formula is C43H62N2O11. The number of ether oxygens (including phenoxy) is 3. The Balaban J connectivity index is 1.37. The lowest BCUT2D eigenvalue weighted by atomic mass is 9.66. The highest BCUT2D eigenvalue weighted by atomic mass is 16.6. The van der Waals surface area contributed by atoms with Crippen LogP contribution in [0.25, 0.3) is 0 Å². The maximum atomic E-state index is 13.7. The fraction of sp³-hybridized carbons (Fsp3) is 0.651. The highest BCUT2D eigenvalue weighted by molar-refractivity contribution is 5.88. The highest BCUT2D eigenvalue weighted by Crippen LogP contribution is 2.44. The number of aliphatic hydroxyl groups excluding tert-OH is 2. The molecule has 13 nitrogen and oxygen atoms in total. The zero-order valence-corrected chi connectivity index (χ0v) is 33.5. The summed E-state index contributed by atoms with van der Waals surface area (Å²) in [4.78, 5) is 66.3. The molecule has 1 saturated heterocycles. The molecule has 0 aromatic heterocycles. The number of carboxylic acid groups (broad SMARTS) is 1. The Morgan fingerprint density at radius 3 is 2.45 bits per heavy atom. The Bertz CT molecular complexity index is 1550. The quantitative estimate of drug-likeness (QED) is 0.107. The molecule has 56 heavy (non-hydrogen) atoms. The van der Waals surface area contributed by atoms with Crippen LogP contribution in [0, 0.1) is 23.7 Å². The number of likely N-dealkylation sites (tertiary alicyclic amines) is 1. The first kappa shape index (κ1) is 44.6. The van der Waals surface area contributed by atoms with Gasteiger partial charge in [-0.15, -0.1) is 0 Å². The second-order valence-electron chi connectivity index (χ2n) is 15.7. The number of nitrogens with one attached hydrogen (secondary N) is 1. The molecule has 1 amide bonds. The van der Waals surface area contributed by atoms with Gasteiger partial charge in [-0.05, 0) is 81.8 Å². The van der Waals surface area contributed by atoms with Gasteiger partial charge in [0.05, 0.1) is 37.2 Å². The van der Waals surface area contributed by atoms with Gasteiger partial charge < -0.3 is 34.4 Å². The first-order valence-corrected chi connectivity index (χ1v) is 20.4. The number of benzene rings is 1. The number of carbonyl (C=O) groups excluding carboxylic acids is 4. The van der Waals surface area contributed by atoms with Crippen molar-refractivity contribution in [3.05, 3.63) is 59.7 Å². The zero-order valence-electron chi connectivity index (χ0n) is 33.5. The molecule has 310 valence electrons. The Labute approximate surface area is 330 Å². The predicted octanol–water partition coefficient (Wildman–Crippen LogP) is 4.52. The fourth-order valence-electron chi connectivity index (χ4n) is 8.20. The second kappa shape index (κ2) is 21.5. The van der Waals surface area contributed by atoms with Crippen LogP contribution in [0.15, 0.2) is 54.1 Å². The summed E-state index contributed by atoms with van der Waals surface area (Å²) in [5.41, 5.74) is 1.93. The molecule has 3 aliphatic rings. The van der Waals surface area contributed by atoms with Gasteiger partial charge in [-0.2, -0.15) is 0 Å². The number of hydrogen-bond donors (Lipinski definition) is 4. The van der Waals surface area contributed by atoms with Crippen molar-refractivity contribution in [2.45, 2.75) is 141 Å². The Morgan fingerprint density at radius 2 is 1.77 bits per heavy atom. The van der Waals surface area contributed by atoms with Crippen LogP contribution < -0.4 is 5.32 Å². The lowest BCUT2D eigenvalue weighted by Crippen LogP contribution is -2.53. The van der Waals surface area contributed by atoms with Gasteiger partial charge in [0.15, 0.2) is 0 Å².